The van der Waals surface area contributed by atoms with Crippen LogP contribution in [-0.2, 0) is 0 Å². The number of benzene rings is 1. The van der Waals surface area contributed by atoms with Crippen LogP contribution in [0.1, 0.15) is 10.4 Å². The minimum Gasteiger partial charge on any atom is -0.493 e. The number of rotatable bonds is 5. The first-order chi connectivity index (χ1) is 9.29. The average molecular weight is 321 g/mol. The highest BCUT2D eigenvalue weighted by atomic mass is 79.9. The highest BCUT2D eigenvalue weighted by Gasteiger charge is 2.07. The number of carbonyl (C=O) groups is 1. The van der Waals surface area contributed by atoms with Gasteiger partial charge in [-0.1, -0.05) is 22.0 Å². The van der Waals surface area contributed by atoms with E-state index in [0.717, 1.165) is 5.33 Å². The van der Waals surface area contributed by atoms with E-state index in [1.807, 2.05) is 6.07 Å². The summed E-state index contributed by atoms with van der Waals surface area (Å²) in [6.45, 7) is 0.563. The van der Waals surface area contributed by atoms with Crippen LogP contribution >= 0.6 is 15.9 Å². The molecule has 0 aliphatic heterocycles. The smallest absolute Gasteiger partial charge is 0.255 e. The predicted molar refractivity (Wildman–Crippen MR) is 77.9 cm³/mol. The van der Waals surface area contributed by atoms with Crippen LogP contribution in [0.5, 0.6) is 5.75 Å². The SMILES string of the molecule is O=C(Nc1cccnc1)c1cccc(OCCBr)c1. The Labute approximate surface area is 119 Å². The van der Waals surface area contributed by atoms with Gasteiger partial charge in [-0.3, -0.25) is 9.78 Å². The minimum absolute atomic E-state index is 0.183. The number of pyridine rings is 1. The molecule has 5 heteroatoms. The third-order valence-corrected chi connectivity index (χ3v) is 2.69. The molecule has 1 aromatic carbocycles. The molecule has 4 nitrogen and oxygen atoms in total. The topological polar surface area (TPSA) is 51.2 Å². The van der Waals surface area contributed by atoms with Gasteiger partial charge in [-0.05, 0) is 30.3 Å². The zero-order chi connectivity index (χ0) is 13.5. The third kappa shape index (κ3) is 4.06. The number of amides is 1. The number of carbonyl (C=O) groups excluding carboxylic acids is 1. The van der Waals surface area contributed by atoms with Gasteiger partial charge in [0.2, 0.25) is 0 Å². The van der Waals surface area contributed by atoms with Crippen molar-refractivity contribution in [3.05, 3.63) is 54.4 Å². The van der Waals surface area contributed by atoms with Crippen LogP contribution in [0.2, 0.25) is 0 Å². The van der Waals surface area contributed by atoms with E-state index in [1.54, 1.807) is 42.7 Å². The maximum Gasteiger partial charge on any atom is 0.255 e. The number of hydrogen-bond donors (Lipinski definition) is 1. The maximum atomic E-state index is 12.0. The molecular weight excluding hydrogens is 308 g/mol. The van der Waals surface area contributed by atoms with Crippen LogP contribution in [-0.4, -0.2) is 22.8 Å². The van der Waals surface area contributed by atoms with Crippen molar-refractivity contribution in [3.8, 4) is 5.75 Å². The highest BCUT2D eigenvalue weighted by molar-refractivity contribution is 9.09. The summed E-state index contributed by atoms with van der Waals surface area (Å²) in [6, 6.07) is 10.6. The molecule has 19 heavy (non-hydrogen) atoms. The van der Waals surface area contributed by atoms with Gasteiger partial charge in [0.25, 0.3) is 5.91 Å². The number of aromatic nitrogens is 1. The zero-order valence-corrected chi connectivity index (χ0v) is 11.8. The largest absolute Gasteiger partial charge is 0.493 e. The van der Waals surface area contributed by atoms with Crippen LogP contribution in [0.4, 0.5) is 5.69 Å². The fourth-order valence-electron chi connectivity index (χ4n) is 1.52. The first-order valence-corrected chi connectivity index (χ1v) is 6.92. The summed E-state index contributed by atoms with van der Waals surface area (Å²) >= 11 is 3.29. The lowest BCUT2D eigenvalue weighted by Crippen LogP contribution is -2.12. The molecule has 0 bridgehead atoms. The Bertz CT molecular complexity index is 546. The van der Waals surface area contributed by atoms with Gasteiger partial charge < -0.3 is 10.1 Å². The Morgan fingerprint density at radius 2 is 2.21 bits per heavy atom. The molecule has 1 N–H and O–H groups in total. The van der Waals surface area contributed by atoms with E-state index in [1.165, 1.54) is 0 Å². The van der Waals surface area contributed by atoms with E-state index in [9.17, 15) is 4.79 Å². The zero-order valence-electron chi connectivity index (χ0n) is 10.2. The van der Waals surface area contributed by atoms with Gasteiger partial charge in [-0.25, -0.2) is 0 Å². The molecule has 0 saturated heterocycles. The molecule has 1 heterocycles. The van der Waals surface area contributed by atoms with E-state index in [-0.39, 0.29) is 5.91 Å². The lowest BCUT2D eigenvalue weighted by molar-refractivity contribution is 0.102. The Morgan fingerprint density at radius 3 is 2.95 bits per heavy atom. The Hall–Kier alpha value is -1.88. The van der Waals surface area contributed by atoms with Crippen molar-refractivity contribution in [2.45, 2.75) is 0 Å². The molecule has 1 aromatic heterocycles. The summed E-state index contributed by atoms with van der Waals surface area (Å²) in [5.74, 6) is 0.496. The van der Waals surface area contributed by atoms with Crippen molar-refractivity contribution >= 4 is 27.5 Å². The molecule has 0 unspecified atom stereocenters. The molecule has 98 valence electrons. The molecule has 2 aromatic rings. The monoisotopic (exact) mass is 320 g/mol. The predicted octanol–water partition coefficient (Wildman–Crippen LogP) is 3.11. The first kappa shape index (κ1) is 13.5. The second-order valence-electron chi connectivity index (χ2n) is 3.76. The van der Waals surface area contributed by atoms with Gasteiger partial charge >= 0.3 is 0 Å². The van der Waals surface area contributed by atoms with Crippen molar-refractivity contribution in [1.82, 2.24) is 4.98 Å². The number of anilines is 1. The fourth-order valence-corrected chi connectivity index (χ4v) is 1.69. The summed E-state index contributed by atoms with van der Waals surface area (Å²) in [5, 5.41) is 3.52. The number of halogens is 1. The van der Waals surface area contributed by atoms with Crippen molar-refractivity contribution in [1.29, 1.82) is 0 Å². The maximum absolute atomic E-state index is 12.0. The molecule has 1 amide bonds. The lowest BCUT2D eigenvalue weighted by atomic mass is 10.2. The molecule has 0 aliphatic carbocycles. The van der Waals surface area contributed by atoms with Crippen molar-refractivity contribution in [2.75, 3.05) is 17.3 Å². The summed E-state index contributed by atoms with van der Waals surface area (Å²) in [6.07, 6.45) is 3.26. The van der Waals surface area contributed by atoms with E-state index >= 15 is 0 Å². The second-order valence-corrected chi connectivity index (χ2v) is 4.55. The molecule has 2 rings (SSSR count). The summed E-state index contributed by atoms with van der Waals surface area (Å²) < 4.78 is 5.46. The number of ether oxygens (including phenoxy) is 1. The van der Waals surface area contributed by atoms with Crippen molar-refractivity contribution in [3.63, 3.8) is 0 Å². The van der Waals surface area contributed by atoms with Gasteiger partial charge in [0.05, 0.1) is 18.5 Å². The lowest BCUT2D eigenvalue weighted by Gasteiger charge is -2.07. The van der Waals surface area contributed by atoms with Gasteiger partial charge in [0.1, 0.15) is 5.75 Å². The van der Waals surface area contributed by atoms with Gasteiger partial charge in [0, 0.05) is 17.1 Å². The number of hydrogen-bond acceptors (Lipinski definition) is 3. The van der Waals surface area contributed by atoms with Crippen LogP contribution in [0, 0.1) is 0 Å². The number of nitrogens with zero attached hydrogens (tertiary/aromatic N) is 1. The van der Waals surface area contributed by atoms with Gasteiger partial charge in [-0.2, -0.15) is 0 Å². The molecule has 0 atom stereocenters. The van der Waals surface area contributed by atoms with Crippen LogP contribution < -0.4 is 10.1 Å². The summed E-state index contributed by atoms with van der Waals surface area (Å²) in [5.41, 5.74) is 1.22. The highest BCUT2D eigenvalue weighted by Crippen LogP contribution is 2.15. The minimum atomic E-state index is -0.183. The van der Waals surface area contributed by atoms with Crippen molar-refractivity contribution in [2.24, 2.45) is 0 Å². The average Bonchev–Trinajstić information content (AvgIpc) is 2.46. The number of alkyl halides is 1. The van der Waals surface area contributed by atoms with Crippen LogP contribution in [0.15, 0.2) is 48.8 Å². The van der Waals surface area contributed by atoms with E-state index in [4.69, 9.17) is 4.74 Å². The van der Waals surface area contributed by atoms with E-state index in [2.05, 4.69) is 26.2 Å². The Balaban J connectivity index is 2.06. The van der Waals surface area contributed by atoms with Crippen molar-refractivity contribution < 1.29 is 9.53 Å². The van der Waals surface area contributed by atoms with E-state index in [0.29, 0.717) is 23.6 Å². The van der Waals surface area contributed by atoms with Crippen LogP contribution in [0.3, 0.4) is 0 Å². The van der Waals surface area contributed by atoms with E-state index < -0.39 is 0 Å². The standard InChI is InChI=1S/C14H13BrN2O2/c15-6-8-19-13-5-1-3-11(9-13)14(18)17-12-4-2-7-16-10-12/h1-5,7,9-10H,6,8H2,(H,17,18). The van der Waals surface area contributed by atoms with Gasteiger partial charge in [-0.15, -0.1) is 0 Å². The fraction of sp³-hybridized carbons (Fsp3) is 0.143. The molecule has 0 aliphatic rings. The molecule has 0 spiro atoms. The Morgan fingerprint density at radius 1 is 1.32 bits per heavy atom. The normalized spacial score (nSPS) is 9.95. The second kappa shape index (κ2) is 6.89. The molecule has 0 saturated carbocycles. The third-order valence-electron chi connectivity index (χ3n) is 2.36. The quantitative estimate of drug-likeness (QED) is 0.861. The van der Waals surface area contributed by atoms with Crippen LogP contribution in [0.25, 0.3) is 0 Å². The Kier molecular flexibility index (Phi) is 4.92. The summed E-state index contributed by atoms with van der Waals surface area (Å²) in [4.78, 5) is 16.0. The van der Waals surface area contributed by atoms with Gasteiger partial charge in [0.15, 0.2) is 0 Å². The molecular formula is C14H13BrN2O2. The summed E-state index contributed by atoms with van der Waals surface area (Å²) in [7, 11) is 0. The number of nitrogens with one attached hydrogen (secondary N) is 1. The first-order valence-electron chi connectivity index (χ1n) is 5.80. The molecule has 0 radical (unpaired) electrons. The molecule has 0 fully saturated rings.